The normalized spacial score (nSPS) is 19.9. The molecule has 1 N–H and O–H groups in total. The van der Waals surface area contributed by atoms with Crippen LogP contribution in [0.1, 0.15) is 19.4 Å². The highest BCUT2D eigenvalue weighted by atomic mass is 19.1. The minimum atomic E-state index is -0.244. The lowest BCUT2D eigenvalue weighted by molar-refractivity contribution is 0.176. The van der Waals surface area contributed by atoms with Crippen LogP contribution in [0.4, 0.5) is 4.39 Å². The molecule has 0 saturated carbocycles. The molecule has 2 atom stereocenters. The minimum absolute atomic E-state index is 0.0494. The predicted octanol–water partition coefficient (Wildman–Crippen LogP) is 2.37. The first-order chi connectivity index (χ1) is 10.0. The van der Waals surface area contributed by atoms with Gasteiger partial charge in [-0.2, -0.15) is 0 Å². The third kappa shape index (κ3) is 3.82. The van der Waals surface area contributed by atoms with E-state index in [1.165, 1.54) is 12.1 Å². The van der Waals surface area contributed by atoms with E-state index in [4.69, 9.17) is 9.73 Å². The van der Waals surface area contributed by atoms with Gasteiger partial charge in [-0.1, -0.05) is 0 Å². The first-order valence-electron chi connectivity index (χ1n) is 7.04. The van der Waals surface area contributed by atoms with E-state index in [2.05, 4.69) is 5.32 Å². The van der Waals surface area contributed by atoms with Crippen molar-refractivity contribution in [3.05, 3.63) is 47.5 Å². The van der Waals surface area contributed by atoms with Gasteiger partial charge in [0.2, 0.25) is 0 Å². The number of rotatable bonds is 5. The summed E-state index contributed by atoms with van der Waals surface area (Å²) >= 11 is 0. The molecule has 1 aromatic carbocycles. The Morgan fingerprint density at radius 2 is 2.05 bits per heavy atom. The first-order valence-corrected chi connectivity index (χ1v) is 7.04. The van der Waals surface area contributed by atoms with Crippen LogP contribution in [0, 0.1) is 5.82 Å². The Bertz CT molecular complexity index is 539. The lowest BCUT2D eigenvalue weighted by atomic mass is 10.1. The molecular weight excluding hydrogens is 269 g/mol. The molecule has 1 aromatic rings. The summed E-state index contributed by atoms with van der Waals surface area (Å²) in [5.74, 6) is -0.244. The maximum absolute atomic E-state index is 13.1. The fourth-order valence-corrected chi connectivity index (χ4v) is 2.22. The Kier molecular flexibility index (Phi) is 4.96. The van der Waals surface area contributed by atoms with Gasteiger partial charge in [0.1, 0.15) is 12.0 Å². The Morgan fingerprint density at radius 1 is 1.38 bits per heavy atom. The average molecular weight is 291 g/mol. The van der Waals surface area contributed by atoms with Crippen molar-refractivity contribution in [1.29, 1.82) is 0 Å². The molecular formula is C16H22FN3O. The number of ether oxygens (including phenoxy) is 1. The zero-order chi connectivity index (χ0) is 15.4. The largest absolute Gasteiger partial charge is 0.383 e. The summed E-state index contributed by atoms with van der Waals surface area (Å²) in [5, 5.41) is 3.40. The molecule has 1 heterocycles. The molecule has 0 aliphatic carbocycles. The molecule has 0 saturated heterocycles. The van der Waals surface area contributed by atoms with Crippen LogP contribution < -0.4 is 5.32 Å². The minimum Gasteiger partial charge on any atom is -0.383 e. The zero-order valence-electron chi connectivity index (χ0n) is 12.9. The fourth-order valence-electron chi connectivity index (χ4n) is 2.22. The first kappa shape index (κ1) is 15.5. The van der Waals surface area contributed by atoms with Crippen molar-refractivity contribution in [2.24, 2.45) is 4.99 Å². The van der Waals surface area contributed by atoms with Gasteiger partial charge in [-0.05, 0) is 38.1 Å². The molecule has 0 radical (unpaired) electrons. The molecule has 21 heavy (non-hydrogen) atoms. The monoisotopic (exact) mass is 291 g/mol. The summed E-state index contributed by atoms with van der Waals surface area (Å²) < 4.78 is 18.3. The van der Waals surface area contributed by atoms with Crippen LogP contribution >= 0.6 is 0 Å². The van der Waals surface area contributed by atoms with E-state index in [9.17, 15) is 4.39 Å². The third-order valence-electron chi connectivity index (χ3n) is 3.43. The molecule has 2 rings (SSSR count). The smallest absolute Gasteiger partial charge is 0.123 e. The number of nitrogens with one attached hydrogen (secondary N) is 1. The van der Waals surface area contributed by atoms with Crippen molar-refractivity contribution in [3.63, 3.8) is 0 Å². The van der Waals surface area contributed by atoms with E-state index in [1.807, 2.05) is 32.0 Å². The molecule has 1 unspecified atom stereocenters. The number of benzene rings is 1. The van der Waals surface area contributed by atoms with Crippen molar-refractivity contribution in [3.8, 4) is 0 Å². The molecule has 1 aliphatic rings. The molecule has 0 fully saturated rings. The molecule has 0 amide bonds. The van der Waals surface area contributed by atoms with Gasteiger partial charge in [0.25, 0.3) is 0 Å². The molecule has 114 valence electrons. The van der Waals surface area contributed by atoms with Crippen LogP contribution in [0.2, 0.25) is 0 Å². The second kappa shape index (κ2) is 6.72. The van der Waals surface area contributed by atoms with Gasteiger partial charge in [0.05, 0.1) is 18.0 Å². The highest BCUT2D eigenvalue weighted by molar-refractivity contribution is 6.12. The van der Waals surface area contributed by atoms with Crippen LogP contribution in [0.15, 0.2) is 41.2 Å². The standard InChI is InChI=1S/C16H22FN3O/c1-11(10-21-4)18-15-9-20(3)12(2)19-16(15)13-5-7-14(17)8-6-13/h5-9,11-12,18H,10H2,1-4H3/t11-,12?/m0/s1. The van der Waals surface area contributed by atoms with Gasteiger partial charge >= 0.3 is 0 Å². The summed E-state index contributed by atoms with van der Waals surface area (Å²) in [4.78, 5) is 6.74. The van der Waals surface area contributed by atoms with Crippen molar-refractivity contribution in [1.82, 2.24) is 10.2 Å². The number of hydrogen-bond donors (Lipinski definition) is 1. The van der Waals surface area contributed by atoms with E-state index in [0.717, 1.165) is 17.0 Å². The molecule has 4 nitrogen and oxygen atoms in total. The van der Waals surface area contributed by atoms with E-state index in [-0.39, 0.29) is 18.0 Å². The Morgan fingerprint density at radius 3 is 2.67 bits per heavy atom. The van der Waals surface area contributed by atoms with E-state index >= 15 is 0 Å². The van der Waals surface area contributed by atoms with Gasteiger partial charge < -0.3 is 15.0 Å². The van der Waals surface area contributed by atoms with E-state index < -0.39 is 0 Å². The molecule has 0 bridgehead atoms. The Balaban J connectivity index is 2.28. The fraction of sp³-hybridized carbons (Fsp3) is 0.438. The lowest BCUT2D eigenvalue weighted by Crippen LogP contribution is -2.38. The maximum atomic E-state index is 13.1. The van der Waals surface area contributed by atoms with Crippen LogP contribution in [-0.2, 0) is 4.74 Å². The molecule has 0 spiro atoms. The summed E-state index contributed by atoms with van der Waals surface area (Å²) in [6.07, 6.45) is 2.08. The van der Waals surface area contributed by atoms with Crippen LogP contribution in [-0.4, -0.2) is 43.6 Å². The number of methoxy groups -OCH3 is 1. The maximum Gasteiger partial charge on any atom is 0.123 e. The summed E-state index contributed by atoms with van der Waals surface area (Å²) in [6, 6.07) is 6.58. The van der Waals surface area contributed by atoms with Crippen LogP contribution in [0.25, 0.3) is 0 Å². The summed E-state index contributed by atoms with van der Waals surface area (Å²) in [5.41, 5.74) is 2.68. The van der Waals surface area contributed by atoms with Crippen molar-refractivity contribution >= 4 is 5.71 Å². The molecule has 1 aliphatic heterocycles. The predicted molar refractivity (Wildman–Crippen MR) is 82.7 cm³/mol. The van der Waals surface area contributed by atoms with Crippen molar-refractivity contribution in [2.75, 3.05) is 20.8 Å². The molecule has 5 heteroatoms. The SMILES string of the molecule is COC[C@H](C)NC1=CN(C)C(C)N=C1c1ccc(F)cc1. The number of halogens is 1. The third-order valence-corrected chi connectivity index (χ3v) is 3.43. The van der Waals surface area contributed by atoms with Crippen LogP contribution in [0.5, 0.6) is 0 Å². The quantitative estimate of drug-likeness (QED) is 0.905. The van der Waals surface area contributed by atoms with E-state index in [1.54, 1.807) is 19.2 Å². The zero-order valence-corrected chi connectivity index (χ0v) is 12.9. The Labute approximate surface area is 125 Å². The van der Waals surface area contributed by atoms with Gasteiger partial charge in [0, 0.05) is 32.0 Å². The van der Waals surface area contributed by atoms with Gasteiger partial charge in [-0.3, -0.25) is 4.99 Å². The average Bonchev–Trinajstić information content (AvgIpc) is 2.44. The Hall–Kier alpha value is -1.88. The van der Waals surface area contributed by atoms with Crippen molar-refractivity contribution in [2.45, 2.75) is 26.1 Å². The van der Waals surface area contributed by atoms with Gasteiger partial charge in [-0.25, -0.2) is 4.39 Å². The highest BCUT2D eigenvalue weighted by Gasteiger charge is 2.20. The molecule has 0 aromatic heterocycles. The number of nitrogens with zero attached hydrogens (tertiary/aromatic N) is 2. The summed E-state index contributed by atoms with van der Waals surface area (Å²) in [7, 11) is 3.66. The van der Waals surface area contributed by atoms with Crippen molar-refractivity contribution < 1.29 is 9.13 Å². The lowest BCUT2D eigenvalue weighted by Gasteiger charge is -2.30. The second-order valence-corrected chi connectivity index (χ2v) is 5.33. The topological polar surface area (TPSA) is 36.9 Å². The van der Waals surface area contributed by atoms with Crippen LogP contribution in [0.3, 0.4) is 0 Å². The number of aliphatic imine (C=N–C) groups is 1. The summed E-state index contributed by atoms with van der Waals surface area (Å²) in [6.45, 7) is 4.67. The van der Waals surface area contributed by atoms with Gasteiger partial charge in [-0.15, -0.1) is 0 Å². The highest BCUT2D eigenvalue weighted by Crippen LogP contribution is 2.17. The van der Waals surface area contributed by atoms with E-state index in [0.29, 0.717) is 6.61 Å². The van der Waals surface area contributed by atoms with Gasteiger partial charge in [0.15, 0.2) is 0 Å². The second-order valence-electron chi connectivity index (χ2n) is 5.33. The number of allylic oxidation sites excluding steroid dienone is 1. The number of hydrogen-bond acceptors (Lipinski definition) is 4.